The molecular formula is C32H52S. The minimum absolute atomic E-state index is 0.108. The third kappa shape index (κ3) is 6.91. The van der Waals surface area contributed by atoms with Gasteiger partial charge in [-0.25, -0.2) is 0 Å². The summed E-state index contributed by atoms with van der Waals surface area (Å²) in [5.41, 5.74) is 6.23. The second-order valence-electron chi connectivity index (χ2n) is 11.8. The summed E-state index contributed by atoms with van der Waals surface area (Å²) in [4.78, 5) is 0. The molecule has 0 saturated heterocycles. The summed E-state index contributed by atoms with van der Waals surface area (Å²) in [7, 11) is 0. The van der Waals surface area contributed by atoms with Crippen molar-refractivity contribution in [2.24, 2.45) is 22.2 Å². The van der Waals surface area contributed by atoms with Crippen LogP contribution in [0.25, 0.3) is 0 Å². The first-order valence-corrected chi connectivity index (χ1v) is 13.5. The second kappa shape index (κ2) is 12.0. The van der Waals surface area contributed by atoms with Crippen LogP contribution in [0.5, 0.6) is 0 Å². The maximum Gasteiger partial charge on any atom is 0.0215 e. The minimum Gasteiger partial charge on any atom is -0.175 e. The molecule has 0 aromatic heterocycles. The Kier molecular flexibility index (Phi) is 10.8. The van der Waals surface area contributed by atoms with E-state index in [9.17, 15) is 0 Å². The summed E-state index contributed by atoms with van der Waals surface area (Å²) in [5.74, 6) is 0.626. The highest BCUT2D eigenvalue weighted by Crippen LogP contribution is 2.59. The molecule has 3 atom stereocenters. The van der Waals surface area contributed by atoms with Crippen LogP contribution < -0.4 is 0 Å². The molecule has 1 heteroatoms. The molecule has 0 N–H and O–H groups in total. The molecule has 3 unspecified atom stereocenters. The molecule has 1 saturated carbocycles. The van der Waals surface area contributed by atoms with Crippen LogP contribution in [0.1, 0.15) is 100 Å². The lowest BCUT2D eigenvalue weighted by Crippen LogP contribution is -2.30. The van der Waals surface area contributed by atoms with Crippen LogP contribution in [0, 0.1) is 22.2 Å². The SMILES string of the molecule is C=C/C=C1\C(=C)C(=C)/C(=C\C(=C)C)C1(CCC(C)C(C)(C)CC)CCC(S)C(C)(C)CCC. The normalized spacial score (nSPS) is 23.9. The first-order valence-electron chi connectivity index (χ1n) is 13.0. The Balaban J connectivity index is 3.55. The van der Waals surface area contributed by atoms with Gasteiger partial charge in [0.05, 0.1) is 0 Å². The Morgan fingerprint density at radius 1 is 1.00 bits per heavy atom. The number of thiol groups is 1. The fraction of sp³-hybridized carbons (Fsp3) is 0.625. The fourth-order valence-corrected chi connectivity index (χ4v) is 5.61. The third-order valence-electron chi connectivity index (χ3n) is 8.61. The number of hydrogen-bond donors (Lipinski definition) is 1. The molecule has 0 nitrogen and oxygen atoms in total. The van der Waals surface area contributed by atoms with Crippen LogP contribution in [0.3, 0.4) is 0 Å². The van der Waals surface area contributed by atoms with Gasteiger partial charge in [0.1, 0.15) is 0 Å². The highest BCUT2D eigenvalue weighted by atomic mass is 32.1. The smallest absolute Gasteiger partial charge is 0.0215 e. The Morgan fingerprint density at radius 3 is 2.03 bits per heavy atom. The zero-order chi connectivity index (χ0) is 25.6. The number of allylic oxidation sites excluding steroid dienone is 8. The molecule has 186 valence electrons. The van der Waals surface area contributed by atoms with Crippen molar-refractivity contribution in [1.82, 2.24) is 0 Å². The molecule has 1 rings (SSSR count). The maximum atomic E-state index is 5.13. The van der Waals surface area contributed by atoms with E-state index in [1.165, 1.54) is 36.8 Å². The molecular weight excluding hydrogens is 416 g/mol. The van der Waals surface area contributed by atoms with E-state index in [4.69, 9.17) is 12.6 Å². The molecule has 33 heavy (non-hydrogen) atoms. The van der Waals surface area contributed by atoms with E-state index in [1.807, 2.05) is 6.08 Å². The van der Waals surface area contributed by atoms with E-state index in [2.05, 4.69) is 93.9 Å². The summed E-state index contributed by atoms with van der Waals surface area (Å²) >= 11 is 5.13. The fourth-order valence-electron chi connectivity index (χ4n) is 5.35. The van der Waals surface area contributed by atoms with Crippen molar-refractivity contribution >= 4 is 12.6 Å². The topological polar surface area (TPSA) is 0 Å². The van der Waals surface area contributed by atoms with Crippen LogP contribution in [-0.2, 0) is 0 Å². The predicted molar refractivity (Wildman–Crippen MR) is 155 cm³/mol. The molecule has 0 spiro atoms. The molecule has 1 aliphatic rings. The second-order valence-corrected chi connectivity index (χ2v) is 12.5. The Morgan fingerprint density at radius 2 is 1.55 bits per heavy atom. The standard InChI is InChI=1S/C32H52S/c1-13-16-27-25(7)26(8)28(22-23(4)5)32(27,20-17-24(6)30(9,10)15-3)21-18-29(33)31(11,12)19-14-2/h13,16,22,24,29,33H,1,4,7-8,14-15,17-21H2,2-3,5-6,9-12H3/b27-16+,28-22+. The van der Waals surface area contributed by atoms with Gasteiger partial charge in [0.25, 0.3) is 0 Å². The first-order chi connectivity index (χ1) is 15.2. The van der Waals surface area contributed by atoms with Crippen molar-refractivity contribution in [2.75, 3.05) is 0 Å². The van der Waals surface area contributed by atoms with Crippen LogP contribution in [0.2, 0.25) is 0 Å². The third-order valence-corrected chi connectivity index (χ3v) is 9.57. The molecule has 1 aliphatic carbocycles. The average molecular weight is 469 g/mol. The van der Waals surface area contributed by atoms with E-state index in [0.29, 0.717) is 16.6 Å². The van der Waals surface area contributed by atoms with Gasteiger partial charge in [0.2, 0.25) is 0 Å². The number of rotatable bonds is 13. The van der Waals surface area contributed by atoms with E-state index in [1.54, 1.807) is 0 Å². The van der Waals surface area contributed by atoms with Crippen LogP contribution in [0.15, 0.2) is 72.4 Å². The highest BCUT2D eigenvalue weighted by Gasteiger charge is 2.47. The van der Waals surface area contributed by atoms with Gasteiger partial charge < -0.3 is 0 Å². The van der Waals surface area contributed by atoms with Gasteiger partial charge in [-0.05, 0) is 78.1 Å². The monoisotopic (exact) mass is 468 g/mol. The number of hydrogen-bond acceptors (Lipinski definition) is 1. The van der Waals surface area contributed by atoms with E-state index >= 15 is 0 Å². The summed E-state index contributed by atoms with van der Waals surface area (Å²) in [6, 6.07) is 0. The molecule has 1 fully saturated rings. The average Bonchev–Trinajstić information content (AvgIpc) is 2.92. The van der Waals surface area contributed by atoms with Crippen LogP contribution in [-0.4, -0.2) is 5.25 Å². The van der Waals surface area contributed by atoms with Gasteiger partial charge in [0, 0.05) is 10.7 Å². The van der Waals surface area contributed by atoms with Crippen molar-refractivity contribution in [3.63, 3.8) is 0 Å². The largest absolute Gasteiger partial charge is 0.175 e. The summed E-state index contributed by atoms with van der Waals surface area (Å²) in [5, 5.41) is 0.344. The van der Waals surface area contributed by atoms with Crippen molar-refractivity contribution in [1.29, 1.82) is 0 Å². The van der Waals surface area contributed by atoms with Gasteiger partial charge in [-0.2, -0.15) is 12.6 Å². The molecule has 0 aliphatic heterocycles. The quantitative estimate of drug-likeness (QED) is 0.255. The summed E-state index contributed by atoms with van der Waals surface area (Å²) in [6.45, 7) is 35.8. The lowest BCUT2D eigenvalue weighted by Gasteiger charge is -2.39. The molecule has 0 aromatic carbocycles. The van der Waals surface area contributed by atoms with Crippen LogP contribution in [0.4, 0.5) is 0 Å². The van der Waals surface area contributed by atoms with Crippen LogP contribution >= 0.6 is 12.6 Å². The van der Waals surface area contributed by atoms with E-state index in [0.717, 1.165) is 36.0 Å². The minimum atomic E-state index is -0.108. The molecule has 0 amide bonds. The zero-order valence-electron chi connectivity index (χ0n) is 23.1. The molecule has 0 aromatic rings. The Labute approximate surface area is 212 Å². The first kappa shape index (κ1) is 29.8. The van der Waals surface area contributed by atoms with Gasteiger partial charge in [-0.1, -0.05) is 111 Å². The lowest BCUT2D eigenvalue weighted by molar-refractivity contribution is 0.185. The summed E-state index contributed by atoms with van der Waals surface area (Å²) < 4.78 is 0. The van der Waals surface area contributed by atoms with E-state index in [-0.39, 0.29) is 10.8 Å². The van der Waals surface area contributed by atoms with Crippen molar-refractivity contribution in [3.8, 4) is 0 Å². The summed E-state index contributed by atoms with van der Waals surface area (Å²) in [6.07, 6.45) is 14.3. The lowest BCUT2D eigenvalue weighted by atomic mass is 9.66. The van der Waals surface area contributed by atoms with Crippen molar-refractivity contribution in [2.45, 2.75) is 106 Å². The maximum absolute atomic E-state index is 5.13. The van der Waals surface area contributed by atoms with Gasteiger partial charge in [-0.15, -0.1) is 0 Å². The van der Waals surface area contributed by atoms with Gasteiger partial charge in [-0.3, -0.25) is 0 Å². The molecule has 0 radical (unpaired) electrons. The molecule has 0 heterocycles. The van der Waals surface area contributed by atoms with Crippen molar-refractivity contribution < 1.29 is 0 Å². The molecule has 0 bridgehead atoms. The van der Waals surface area contributed by atoms with Gasteiger partial charge in [0.15, 0.2) is 0 Å². The van der Waals surface area contributed by atoms with Gasteiger partial charge >= 0.3 is 0 Å². The highest BCUT2D eigenvalue weighted by molar-refractivity contribution is 7.81. The Hall–Kier alpha value is -1.21. The zero-order valence-corrected chi connectivity index (χ0v) is 24.0. The van der Waals surface area contributed by atoms with Crippen molar-refractivity contribution in [3.05, 3.63) is 72.4 Å². The Bertz CT molecular complexity index is 800. The predicted octanol–water partition coefficient (Wildman–Crippen LogP) is 10.5. The van der Waals surface area contributed by atoms with E-state index < -0.39 is 0 Å².